The minimum atomic E-state index is -0.270. The Hall–Kier alpha value is -2.05. The minimum Gasteiger partial charge on any atom is -0.355 e. The summed E-state index contributed by atoms with van der Waals surface area (Å²) in [5.41, 5.74) is 1.03. The summed E-state index contributed by atoms with van der Waals surface area (Å²) in [5, 5.41) is 7.80. The van der Waals surface area contributed by atoms with Crippen molar-refractivity contribution in [1.29, 1.82) is 0 Å². The van der Waals surface area contributed by atoms with Gasteiger partial charge in [0.05, 0.1) is 11.6 Å². The van der Waals surface area contributed by atoms with Gasteiger partial charge in [-0.15, -0.1) is 0 Å². The topological polar surface area (TPSA) is 65.8 Å². The van der Waals surface area contributed by atoms with E-state index in [1.165, 1.54) is 5.56 Å². The number of aryl methyl sites for hydroxylation is 1. The van der Waals surface area contributed by atoms with Crippen molar-refractivity contribution in [3.63, 3.8) is 0 Å². The molecule has 1 aliphatic carbocycles. The number of amides is 1. The van der Waals surface area contributed by atoms with E-state index >= 15 is 0 Å². The van der Waals surface area contributed by atoms with E-state index in [9.17, 15) is 4.79 Å². The van der Waals surface area contributed by atoms with E-state index < -0.39 is 0 Å². The molecule has 7 nitrogen and oxygen atoms in total. The first-order chi connectivity index (χ1) is 12.9. The summed E-state index contributed by atoms with van der Waals surface area (Å²) in [6, 6.07) is 0. The van der Waals surface area contributed by atoms with Crippen molar-refractivity contribution in [2.45, 2.75) is 38.5 Å². The van der Waals surface area contributed by atoms with Crippen LogP contribution in [-0.2, 0) is 18.3 Å². The molecule has 1 atom stereocenters. The maximum Gasteiger partial charge on any atom is 0.230 e. The Morgan fingerprint density at radius 3 is 2.74 bits per heavy atom. The van der Waals surface area contributed by atoms with E-state index in [1.807, 2.05) is 39.1 Å². The molecule has 0 spiro atoms. The molecule has 1 N–H and O–H groups in total. The number of nitrogens with one attached hydrogen (secondary N) is 1. The van der Waals surface area contributed by atoms with Gasteiger partial charge in [0.15, 0.2) is 5.96 Å². The summed E-state index contributed by atoms with van der Waals surface area (Å²) < 4.78 is 1.87. The smallest absolute Gasteiger partial charge is 0.230 e. The Bertz CT molecular complexity index is 674. The Kier molecular flexibility index (Phi) is 6.07. The van der Waals surface area contributed by atoms with Gasteiger partial charge in [-0.25, -0.2) is 0 Å². The molecule has 2 aliphatic rings. The summed E-state index contributed by atoms with van der Waals surface area (Å²) >= 11 is 0. The van der Waals surface area contributed by atoms with Gasteiger partial charge in [-0.05, 0) is 37.2 Å². The van der Waals surface area contributed by atoms with E-state index in [1.54, 1.807) is 4.90 Å². The van der Waals surface area contributed by atoms with Crippen molar-refractivity contribution in [3.8, 4) is 0 Å². The van der Waals surface area contributed by atoms with E-state index in [0.717, 1.165) is 57.6 Å². The molecule has 7 heteroatoms. The van der Waals surface area contributed by atoms with Gasteiger partial charge in [0.25, 0.3) is 0 Å². The van der Waals surface area contributed by atoms with Crippen molar-refractivity contribution in [1.82, 2.24) is 24.9 Å². The van der Waals surface area contributed by atoms with Crippen molar-refractivity contribution in [3.05, 3.63) is 18.0 Å². The van der Waals surface area contributed by atoms with Gasteiger partial charge in [0.2, 0.25) is 5.91 Å². The van der Waals surface area contributed by atoms with Crippen LogP contribution >= 0.6 is 0 Å². The average Bonchev–Trinajstić information content (AvgIpc) is 3.38. The second-order valence-electron chi connectivity index (χ2n) is 8.41. The van der Waals surface area contributed by atoms with Gasteiger partial charge < -0.3 is 15.1 Å². The average molecular weight is 375 g/mol. The number of carbonyl (C=O) groups is 1. The SMILES string of the molecule is CN=C(NCC1(C(=O)N(C)C)CCCC1)N1CCC(Cc2cnn(C)c2)C1. The van der Waals surface area contributed by atoms with Crippen LogP contribution < -0.4 is 5.32 Å². The lowest BCUT2D eigenvalue weighted by Crippen LogP contribution is -2.49. The summed E-state index contributed by atoms with van der Waals surface area (Å²) in [7, 11) is 7.53. The fourth-order valence-electron chi connectivity index (χ4n) is 4.68. The maximum atomic E-state index is 12.8. The number of likely N-dealkylation sites (tertiary alicyclic amines) is 1. The van der Waals surface area contributed by atoms with Crippen LogP contribution in [0.3, 0.4) is 0 Å². The standard InChI is InChI=1S/C20H34N6O/c1-21-19(22-15-20(8-5-6-9-20)18(27)24(2)3)26-10-7-16(14-26)11-17-12-23-25(4)13-17/h12-13,16H,5-11,14-15H2,1-4H3,(H,21,22). The molecule has 1 saturated carbocycles. The zero-order chi connectivity index (χ0) is 19.4. The van der Waals surface area contributed by atoms with Crippen LogP contribution in [0.2, 0.25) is 0 Å². The number of guanidine groups is 1. The summed E-state index contributed by atoms with van der Waals surface area (Å²) in [6.07, 6.45) is 10.5. The predicted molar refractivity (Wildman–Crippen MR) is 108 cm³/mol. The summed E-state index contributed by atoms with van der Waals surface area (Å²) in [4.78, 5) is 21.4. The molecule has 0 aromatic carbocycles. The molecule has 0 bridgehead atoms. The number of nitrogens with zero attached hydrogens (tertiary/aromatic N) is 5. The molecule has 1 aliphatic heterocycles. The zero-order valence-electron chi connectivity index (χ0n) is 17.2. The number of carbonyl (C=O) groups excluding carboxylic acids is 1. The number of aromatic nitrogens is 2. The van der Waals surface area contributed by atoms with E-state index in [0.29, 0.717) is 12.5 Å². The first-order valence-corrected chi connectivity index (χ1v) is 10.1. The van der Waals surface area contributed by atoms with Crippen LogP contribution in [-0.4, -0.2) is 72.2 Å². The molecule has 1 saturated heterocycles. The van der Waals surface area contributed by atoms with Gasteiger partial charge in [0, 0.05) is 54.0 Å². The Balaban J connectivity index is 1.57. The number of rotatable bonds is 5. The predicted octanol–water partition coefficient (Wildman–Crippen LogP) is 1.51. The maximum absolute atomic E-state index is 12.8. The fourth-order valence-corrected chi connectivity index (χ4v) is 4.68. The molecule has 1 amide bonds. The molecule has 3 rings (SSSR count). The first kappa shape index (κ1) is 19.7. The molecular formula is C20H34N6O. The van der Waals surface area contributed by atoms with E-state index in [2.05, 4.69) is 26.5 Å². The van der Waals surface area contributed by atoms with E-state index in [4.69, 9.17) is 0 Å². The lowest BCUT2D eigenvalue weighted by molar-refractivity contribution is -0.138. The fraction of sp³-hybridized carbons (Fsp3) is 0.750. The summed E-state index contributed by atoms with van der Waals surface area (Å²) in [6.45, 7) is 2.70. The molecule has 0 radical (unpaired) electrons. The van der Waals surface area contributed by atoms with Gasteiger partial charge in [-0.3, -0.25) is 14.5 Å². The molecular weight excluding hydrogens is 340 g/mol. The van der Waals surface area contributed by atoms with Gasteiger partial charge in [0.1, 0.15) is 0 Å². The van der Waals surface area contributed by atoms with Crippen molar-refractivity contribution >= 4 is 11.9 Å². The van der Waals surface area contributed by atoms with Crippen LogP contribution in [0, 0.1) is 11.3 Å². The van der Waals surface area contributed by atoms with Crippen LogP contribution in [0.5, 0.6) is 0 Å². The van der Waals surface area contributed by atoms with Gasteiger partial charge in [-0.2, -0.15) is 5.10 Å². The molecule has 27 heavy (non-hydrogen) atoms. The second-order valence-corrected chi connectivity index (χ2v) is 8.41. The molecule has 1 aromatic rings. The minimum absolute atomic E-state index is 0.249. The highest BCUT2D eigenvalue weighted by molar-refractivity contribution is 5.85. The molecule has 1 unspecified atom stereocenters. The first-order valence-electron chi connectivity index (χ1n) is 10.1. The monoisotopic (exact) mass is 374 g/mol. The Morgan fingerprint density at radius 2 is 2.15 bits per heavy atom. The van der Waals surface area contributed by atoms with E-state index in [-0.39, 0.29) is 11.3 Å². The Morgan fingerprint density at radius 1 is 1.41 bits per heavy atom. The van der Waals surface area contributed by atoms with Crippen molar-refractivity contribution in [2.24, 2.45) is 23.4 Å². The molecule has 2 fully saturated rings. The van der Waals surface area contributed by atoms with Crippen LogP contribution in [0.25, 0.3) is 0 Å². The molecule has 150 valence electrons. The third-order valence-electron chi connectivity index (χ3n) is 6.09. The van der Waals surface area contributed by atoms with Crippen molar-refractivity contribution in [2.75, 3.05) is 40.8 Å². The highest BCUT2D eigenvalue weighted by Crippen LogP contribution is 2.39. The molecule has 2 heterocycles. The number of hydrogen-bond donors (Lipinski definition) is 1. The van der Waals surface area contributed by atoms with Crippen LogP contribution in [0.15, 0.2) is 17.4 Å². The highest BCUT2D eigenvalue weighted by Gasteiger charge is 2.42. The largest absolute Gasteiger partial charge is 0.355 e. The zero-order valence-corrected chi connectivity index (χ0v) is 17.2. The quantitative estimate of drug-likeness (QED) is 0.627. The third kappa shape index (κ3) is 4.45. The van der Waals surface area contributed by atoms with Gasteiger partial charge >= 0.3 is 0 Å². The van der Waals surface area contributed by atoms with Crippen LogP contribution in [0.4, 0.5) is 0 Å². The van der Waals surface area contributed by atoms with Crippen molar-refractivity contribution < 1.29 is 4.79 Å². The van der Waals surface area contributed by atoms with Gasteiger partial charge in [-0.1, -0.05) is 12.8 Å². The third-order valence-corrected chi connectivity index (χ3v) is 6.09. The lowest BCUT2D eigenvalue weighted by Gasteiger charge is -2.32. The molecule has 1 aromatic heterocycles. The number of hydrogen-bond acceptors (Lipinski definition) is 3. The van der Waals surface area contributed by atoms with Crippen LogP contribution in [0.1, 0.15) is 37.7 Å². The number of aliphatic imine (C=N–C) groups is 1. The lowest BCUT2D eigenvalue weighted by atomic mass is 9.84. The highest BCUT2D eigenvalue weighted by atomic mass is 16.2. The normalized spacial score (nSPS) is 22.3. The summed E-state index contributed by atoms with van der Waals surface area (Å²) in [5.74, 6) is 1.80. The Labute approximate surface area is 162 Å². The second kappa shape index (κ2) is 8.31.